The second-order valence-electron chi connectivity index (χ2n) is 12.2. The lowest BCUT2D eigenvalue weighted by Crippen LogP contribution is -2.25. The van der Waals surface area contributed by atoms with Crippen LogP contribution < -0.4 is 5.32 Å². The monoisotopic (exact) mass is 694 g/mol. The molecule has 0 fully saturated rings. The zero-order chi connectivity index (χ0) is 35.7. The molecular formula is C38H34N10O4. The number of aromatic hydroxyl groups is 1. The molecule has 0 aliphatic heterocycles. The first-order valence-corrected chi connectivity index (χ1v) is 16.5. The van der Waals surface area contributed by atoms with Gasteiger partial charge in [0.25, 0.3) is 0 Å². The van der Waals surface area contributed by atoms with Crippen molar-refractivity contribution in [2.75, 3.05) is 5.32 Å². The van der Waals surface area contributed by atoms with Crippen LogP contribution in [-0.4, -0.2) is 50.1 Å². The molecule has 7 aromatic rings. The van der Waals surface area contributed by atoms with E-state index in [9.17, 15) is 15.2 Å². The summed E-state index contributed by atoms with van der Waals surface area (Å²) in [7, 11) is 0. The molecule has 0 bridgehead atoms. The van der Waals surface area contributed by atoms with E-state index in [4.69, 9.17) is 4.63 Å². The minimum Gasteiger partial charge on any atom is -0.507 e. The van der Waals surface area contributed by atoms with E-state index in [1.807, 2.05) is 84.9 Å². The Balaban J connectivity index is 1.28. The average molecular weight is 695 g/mol. The van der Waals surface area contributed by atoms with Gasteiger partial charge in [-0.1, -0.05) is 24.3 Å². The predicted molar refractivity (Wildman–Crippen MR) is 193 cm³/mol. The van der Waals surface area contributed by atoms with Crippen LogP contribution in [-0.2, 0) is 39.3 Å². The number of nitro groups is 1. The normalized spacial score (nSPS) is 11.3. The van der Waals surface area contributed by atoms with E-state index in [0.29, 0.717) is 61.8 Å². The second-order valence-corrected chi connectivity index (χ2v) is 12.2. The number of fused-ring (bicyclic) bond motifs is 1. The van der Waals surface area contributed by atoms with Crippen molar-refractivity contribution in [2.24, 2.45) is 0 Å². The number of rotatable bonds is 15. The first kappa shape index (κ1) is 33.8. The highest BCUT2D eigenvalue weighted by molar-refractivity contribution is 5.95. The Labute approximate surface area is 298 Å². The highest BCUT2D eigenvalue weighted by Crippen LogP contribution is 2.35. The summed E-state index contributed by atoms with van der Waals surface area (Å²) >= 11 is 0. The van der Waals surface area contributed by atoms with Gasteiger partial charge < -0.3 is 10.4 Å². The van der Waals surface area contributed by atoms with Crippen molar-refractivity contribution in [2.45, 2.75) is 39.3 Å². The Morgan fingerprint density at radius 1 is 0.615 bits per heavy atom. The van der Waals surface area contributed by atoms with Crippen molar-refractivity contribution >= 4 is 28.1 Å². The van der Waals surface area contributed by atoms with Crippen molar-refractivity contribution in [1.82, 2.24) is 40.0 Å². The highest BCUT2D eigenvalue weighted by atomic mass is 16.6. The molecule has 0 radical (unpaired) electrons. The van der Waals surface area contributed by atoms with Crippen LogP contribution in [0.25, 0.3) is 11.0 Å². The maximum Gasteiger partial charge on any atom is 0.300 e. The number of phenolic OH excluding ortho intramolecular Hbond substituents is 1. The third kappa shape index (κ3) is 8.38. The molecule has 2 aromatic carbocycles. The summed E-state index contributed by atoms with van der Waals surface area (Å²) in [6.07, 6.45) is 7.04. The molecule has 52 heavy (non-hydrogen) atoms. The van der Waals surface area contributed by atoms with Gasteiger partial charge in [-0.25, -0.2) is 4.63 Å². The number of nitrogens with zero attached hydrogens (tertiary/aromatic N) is 9. The molecule has 14 heteroatoms. The number of phenols is 1. The number of nitro benzene ring substituents is 1. The van der Waals surface area contributed by atoms with Gasteiger partial charge in [-0.2, -0.15) is 0 Å². The molecule has 5 heterocycles. The Morgan fingerprint density at radius 3 is 1.46 bits per heavy atom. The lowest BCUT2D eigenvalue weighted by molar-refractivity contribution is -0.383. The SMILES string of the molecule is O=[N+]([O-])c1ccc(Nc2cc(CN(Cc3ccccn3)Cc3ccccn3)c(O)c(CN(Cc3ccccn3)Cc3ccccn3)c2)c2nonc12. The number of benzene rings is 2. The Hall–Kier alpha value is -6.64. The minimum absolute atomic E-state index is 0.0306. The highest BCUT2D eigenvalue weighted by Gasteiger charge is 2.22. The maximum atomic E-state index is 12.0. The smallest absolute Gasteiger partial charge is 0.300 e. The molecule has 7 rings (SSSR count). The van der Waals surface area contributed by atoms with Crippen LogP contribution in [0.1, 0.15) is 33.9 Å². The fraction of sp³-hybridized carbons (Fsp3) is 0.158. The van der Waals surface area contributed by atoms with E-state index in [1.54, 1.807) is 30.9 Å². The number of hydrogen-bond acceptors (Lipinski definition) is 13. The van der Waals surface area contributed by atoms with Crippen LogP contribution in [0.3, 0.4) is 0 Å². The number of aromatic nitrogens is 6. The number of non-ortho nitro benzene ring substituents is 1. The molecule has 0 amide bonds. The summed E-state index contributed by atoms with van der Waals surface area (Å²) in [5.41, 5.74) is 5.91. The number of pyridine rings is 4. The van der Waals surface area contributed by atoms with E-state index < -0.39 is 4.92 Å². The van der Waals surface area contributed by atoms with Crippen LogP contribution in [0.5, 0.6) is 5.75 Å². The standard InChI is InChI=1S/C38H34N10O4/c49-38-27(21-46(23-29-9-1-5-15-39-29)24-30-10-2-6-16-40-30)19-33(43-34-13-14-35(48(50)51)37-36(34)44-52-45-37)20-28(38)22-47(25-31-11-3-7-17-41-31)26-32-12-4-8-18-42-32/h1-20,43,49H,21-26H2. The van der Waals surface area contributed by atoms with Gasteiger partial charge in [0, 0.05) is 86.9 Å². The lowest BCUT2D eigenvalue weighted by atomic mass is 10.0. The molecular weight excluding hydrogens is 660 g/mol. The number of hydrogen-bond donors (Lipinski definition) is 2. The maximum absolute atomic E-state index is 12.0. The van der Waals surface area contributed by atoms with Crippen LogP contribution >= 0.6 is 0 Å². The molecule has 0 atom stereocenters. The fourth-order valence-electron chi connectivity index (χ4n) is 6.03. The van der Waals surface area contributed by atoms with Gasteiger partial charge in [-0.15, -0.1) is 0 Å². The molecule has 2 N–H and O–H groups in total. The number of nitrogens with one attached hydrogen (secondary N) is 1. The third-order valence-corrected chi connectivity index (χ3v) is 8.37. The lowest BCUT2D eigenvalue weighted by Gasteiger charge is -2.26. The van der Waals surface area contributed by atoms with Crippen LogP contribution in [0.2, 0.25) is 0 Å². The van der Waals surface area contributed by atoms with Gasteiger partial charge in [0.1, 0.15) is 5.75 Å². The van der Waals surface area contributed by atoms with E-state index in [0.717, 1.165) is 22.8 Å². The van der Waals surface area contributed by atoms with E-state index in [2.05, 4.69) is 45.4 Å². The topological polar surface area (TPSA) is 172 Å². The summed E-state index contributed by atoms with van der Waals surface area (Å²) in [5.74, 6) is 0.140. The van der Waals surface area contributed by atoms with Gasteiger partial charge in [0.15, 0.2) is 5.52 Å². The number of anilines is 2. The van der Waals surface area contributed by atoms with Gasteiger partial charge in [-0.3, -0.25) is 39.9 Å². The van der Waals surface area contributed by atoms with Crippen molar-refractivity contribution in [3.05, 3.63) is 166 Å². The molecule has 5 aromatic heterocycles. The summed E-state index contributed by atoms with van der Waals surface area (Å²) < 4.78 is 4.91. The molecule has 0 saturated carbocycles. The summed E-state index contributed by atoms with van der Waals surface area (Å²) in [6.45, 7) is 2.71. The minimum atomic E-state index is -0.525. The first-order chi connectivity index (χ1) is 25.5. The van der Waals surface area contributed by atoms with Crippen molar-refractivity contribution < 1.29 is 14.7 Å². The zero-order valence-corrected chi connectivity index (χ0v) is 28.0. The summed E-state index contributed by atoms with van der Waals surface area (Å²) in [6, 6.07) is 29.8. The zero-order valence-electron chi connectivity index (χ0n) is 28.0. The summed E-state index contributed by atoms with van der Waals surface area (Å²) in [4.78, 5) is 33.7. The quantitative estimate of drug-likeness (QED) is 0.0671. The van der Waals surface area contributed by atoms with E-state index >= 15 is 0 Å². The van der Waals surface area contributed by atoms with E-state index in [1.165, 1.54) is 6.07 Å². The van der Waals surface area contributed by atoms with Crippen LogP contribution in [0, 0.1) is 10.1 Å². The molecule has 260 valence electrons. The van der Waals surface area contributed by atoms with Gasteiger partial charge in [0.2, 0.25) is 5.52 Å². The first-order valence-electron chi connectivity index (χ1n) is 16.5. The molecule has 0 saturated heterocycles. The van der Waals surface area contributed by atoms with Crippen molar-refractivity contribution in [3.8, 4) is 5.75 Å². The molecule has 0 aliphatic rings. The largest absolute Gasteiger partial charge is 0.507 e. The van der Waals surface area contributed by atoms with Crippen molar-refractivity contribution in [1.29, 1.82) is 0 Å². The van der Waals surface area contributed by atoms with Crippen LogP contribution in [0.4, 0.5) is 17.1 Å². The Kier molecular flexibility index (Phi) is 10.4. The molecule has 0 spiro atoms. The second kappa shape index (κ2) is 15.9. The third-order valence-electron chi connectivity index (χ3n) is 8.37. The van der Waals surface area contributed by atoms with Gasteiger partial charge >= 0.3 is 5.69 Å². The molecule has 0 unspecified atom stereocenters. The molecule has 0 aliphatic carbocycles. The van der Waals surface area contributed by atoms with Crippen molar-refractivity contribution in [3.63, 3.8) is 0 Å². The predicted octanol–water partition coefficient (Wildman–Crippen LogP) is 6.57. The summed E-state index contributed by atoms with van der Waals surface area (Å²) in [5, 5.41) is 34.8. The Morgan fingerprint density at radius 2 is 1.06 bits per heavy atom. The van der Waals surface area contributed by atoms with Crippen LogP contribution in [0.15, 0.2) is 126 Å². The van der Waals surface area contributed by atoms with E-state index in [-0.39, 0.29) is 22.5 Å². The fourth-order valence-corrected chi connectivity index (χ4v) is 6.03. The average Bonchev–Trinajstić information content (AvgIpc) is 3.66. The van der Waals surface area contributed by atoms with Gasteiger partial charge in [0.05, 0.1) is 33.4 Å². The van der Waals surface area contributed by atoms with Gasteiger partial charge in [-0.05, 0) is 77.0 Å². The molecule has 14 nitrogen and oxygen atoms in total. The Bertz CT molecular complexity index is 2050.